The number of allylic oxidation sites excluding steroid dienone is 1. The number of nitrogens with zero attached hydrogens (tertiary/aromatic N) is 2. The lowest BCUT2D eigenvalue weighted by Gasteiger charge is -2.10. The van der Waals surface area contributed by atoms with Crippen molar-refractivity contribution in [2.24, 2.45) is 0 Å². The maximum atomic E-state index is 4.30. The third-order valence-electron chi connectivity index (χ3n) is 2.12. The molecule has 1 heterocycles. The summed E-state index contributed by atoms with van der Waals surface area (Å²) >= 11 is 0. The molecule has 0 spiro atoms. The standard InChI is InChI=1S/C11H19N3/c1-5-12-6-11-7-13-10(4)14(11)8-9(2)3/h7,12H,2,5-6,8H2,1,3-4H3. The van der Waals surface area contributed by atoms with E-state index in [0.717, 1.165) is 31.0 Å². The Morgan fingerprint density at radius 3 is 2.93 bits per heavy atom. The molecule has 0 saturated carbocycles. The molecule has 1 aromatic rings. The van der Waals surface area contributed by atoms with Crippen LogP contribution >= 0.6 is 0 Å². The van der Waals surface area contributed by atoms with Crippen molar-refractivity contribution < 1.29 is 0 Å². The Morgan fingerprint density at radius 2 is 2.36 bits per heavy atom. The molecule has 0 bridgehead atoms. The Hall–Kier alpha value is -1.09. The van der Waals surface area contributed by atoms with Crippen LogP contribution in [0.25, 0.3) is 0 Å². The van der Waals surface area contributed by atoms with E-state index in [4.69, 9.17) is 0 Å². The third kappa shape index (κ3) is 2.70. The van der Waals surface area contributed by atoms with Crippen LogP contribution in [0.2, 0.25) is 0 Å². The van der Waals surface area contributed by atoms with E-state index < -0.39 is 0 Å². The molecule has 1 N–H and O–H groups in total. The number of aryl methyl sites for hydroxylation is 1. The van der Waals surface area contributed by atoms with Crippen molar-refractivity contribution >= 4 is 0 Å². The van der Waals surface area contributed by atoms with Crippen LogP contribution in [0.1, 0.15) is 25.4 Å². The second kappa shape index (κ2) is 4.96. The van der Waals surface area contributed by atoms with E-state index >= 15 is 0 Å². The van der Waals surface area contributed by atoms with Crippen LogP contribution in [0.4, 0.5) is 0 Å². The Kier molecular flexibility index (Phi) is 3.89. The molecule has 0 unspecified atom stereocenters. The van der Waals surface area contributed by atoms with Crippen LogP contribution in [0.5, 0.6) is 0 Å². The Labute approximate surface area is 85.8 Å². The average Bonchev–Trinajstić information content (AvgIpc) is 2.45. The molecule has 1 aromatic heterocycles. The first-order valence-electron chi connectivity index (χ1n) is 5.01. The van der Waals surface area contributed by atoms with Gasteiger partial charge in [0.1, 0.15) is 5.82 Å². The van der Waals surface area contributed by atoms with Gasteiger partial charge in [-0.2, -0.15) is 0 Å². The summed E-state index contributed by atoms with van der Waals surface area (Å²) in [4.78, 5) is 4.30. The van der Waals surface area contributed by atoms with E-state index in [1.165, 1.54) is 5.69 Å². The van der Waals surface area contributed by atoms with E-state index in [0.29, 0.717) is 0 Å². The van der Waals surface area contributed by atoms with Gasteiger partial charge in [0.15, 0.2) is 0 Å². The van der Waals surface area contributed by atoms with Gasteiger partial charge in [-0.15, -0.1) is 0 Å². The smallest absolute Gasteiger partial charge is 0.106 e. The Morgan fingerprint density at radius 1 is 1.64 bits per heavy atom. The molecule has 1 rings (SSSR count). The number of hydrogen-bond donors (Lipinski definition) is 1. The van der Waals surface area contributed by atoms with Gasteiger partial charge in [0.25, 0.3) is 0 Å². The van der Waals surface area contributed by atoms with E-state index in [1.807, 2.05) is 20.0 Å². The second-order valence-electron chi connectivity index (χ2n) is 3.62. The number of nitrogens with one attached hydrogen (secondary N) is 1. The molecule has 0 radical (unpaired) electrons. The predicted octanol–water partition coefficient (Wildman–Crippen LogP) is 1.88. The summed E-state index contributed by atoms with van der Waals surface area (Å²) in [5.41, 5.74) is 2.39. The zero-order valence-corrected chi connectivity index (χ0v) is 9.30. The van der Waals surface area contributed by atoms with Gasteiger partial charge in [-0.25, -0.2) is 4.98 Å². The van der Waals surface area contributed by atoms with Crippen LogP contribution in [-0.4, -0.2) is 16.1 Å². The number of aromatic nitrogens is 2. The van der Waals surface area contributed by atoms with Gasteiger partial charge in [-0.1, -0.05) is 19.1 Å². The minimum Gasteiger partial charge on any atom is -0.327 e. The first-order valence-corrected chi connectivity index (χ1v) is 5.01. The van der Waals surface area contributed by atoms with E-state index in [1.54, 1.807) is 0 Å². The quantitative estimate of drug-likeness (QED) is 0.724. The minimum atomic E-state index is 0.868. The topological polar surface area (TPSA) is 29.9 Å². The fraction of sp³-hybridized carbons (Fsp3) is 0.545. The first-order chi connectivity index (χ1) is 6.65. The lowest BCUT2D eigenvalue weighted by Crippen LogP contribution is -2.16. The molecular formula is C11H19N3. The van der Waals surface area contributed by atoms with Crippen LogP contribution < -0.4 is 5.32 Å². The monoisotopic (exact) mass is 193 g/mol. The fourth-order valence-electron chi connectivity index (χ4n) is 1.40. The molecule has 0 aliphatic heterocycles. The van der Waals surface area contributed by atoms with Crippen LogP contribution in [0, 0.1) is 6.92 Å². The largest absolute Gasteiger partial charge is 0.327 e. The summed E-state index contributed by atoms with van der Waals surface area (Å²) in [6.07, 6.45) is 1.93. The molecule has 14 heavy (non-hydrogen) atoms. The summed E-state index contributed by atoms with van der Waals surface area (Å²) in [6.45, 7) is 12.8. The lowest BCUT2D eigenvalue weighted by atomic mass is 10.3. The molecule has 0 saturated heterocycles. The Balaban J connectivity index is 2.77. The van der Waals surface area contributed by atoms with Gasteiger partial charge in [0, 0.05) is 19.3 Å². The van der Waals surface area contributed by atoms with Gasteiger partial charge < -0.3 is 9.88 Å². The fourth-order valence-corrected chi connectivity index (χ4v) is 1.40. The molecule has 0 aliphatic carbocycles. The summed E-state index contributed by atoms with van der Waals surface area (Å²) in [6, 6.07) is 0. The van der Waals surface area contributed by atoms with Crippen molar-refractivity contribution in [3.63, 3.8) is 0 Å². The highest BCUT2D eigenvalue weighted by Crippen LogP contribution is 2.07. The van der Waals surface area contributed by atoms with Gasteiger partial charge in [-0.05, 0) is 20.4 Å². The predicted molar refractivity (Wildman–Crippen MR) is 59.2 cm³/mol. The maximum Gasteiger partial charge on any atom is 0.106 e. The highest BCUT2D eigenvalue weighted by molar-refractivity contribution is 5.07. The van der Waals surface area contributed by atoms with Crippen LogP contribution in [0.3, 0.4) is 0 Å². The van der Waals surface area contributed by atoms with Crippen LogP contribution in [0.15, 0.2) is 18.3 Å². The highest BCUT2D eigenvalue weighted by atomic mass is 15.1. The summed E-state index contributed by atoms with van der Waals surface area (Å²) in [5, 5.41) is 3.30. The normalized spacial score (nSPS) is 10.5. The summed E-state index contributed by atoms with van der Waals surface area (Å²) < 4.78 is 2.20. The number of hydrogen-bond acceptors (Lipinski definition) is 2. The van der Waals surface area contributed by atoms with E-state index in [-0.39, 0.29) is 0 Å². The third-order valence-corrected chi connectivity index (χ3v) is 2.12. The van der Waals surface area contributed by atoms with E-state index in [9.17, 15) is 0 Å². The second-order valence-corrected chi connectivity index (χ2v) is 3.62. The first kappa shape index (κ1) is 11.0. The summed E-state index contributed by atoms with van der Waals surface area (Å²) in [7, 11) is 0. The highest BCUT2D eigenvalue weighted by Gasteiger charge is 2.05. The molecule has 0 fully saturated rings. The van der Waals surface area contributed by atoms with Gasteiger partial charge in [-0.3, -0.25) is 0 Å². The van der Waals surface area contributed by atoms with Gasteiger partial charge in [0.2, 0.25) is 0 Å². The molecule has 3 heteroatoms. The number of imidazole rings is 1. The van der Waals surface area contributed by atoms with E-state index in [2.05, 4.69) is 28.4 Å². The molecule has 0 atom stereocenters. The molecule has 3 nitrogen and oxygen atoms in total. The average molecular weight is 193 g/mol. The van der Waals surface area contributed by atoms with Crippen molar-refractivity contribution in [1.82, 2.24) is 14.9 Å². The lowest BCUT2D eigenvalue weighted by molar-refractivity contribution is 0.643. The molecule has 0 aromatic carbocycles. The summed E-state index contributed by atoms with van der Waals surface area (Å²) in [5.74, 6) is 1.06. The van der Waals surface area contributed by atoms with Crippen molar-refractivity contribution in [3.05, 3.63) is 29.9 Å². The zero-order valence-electron chi connectivity index (χ0n) is 9.30. The van der Waals surface area contributed by atoms with Gasteiger partial charge >= 0.3 is 0 Å². The minimum absolute atomic E-state index is 0.868. The van der Waals surface area contributed by atoms with Crippen molar-refractivity contribution in [1.29, 1.82) is 0 Å². The molecule has 78 valence electrons. The van der Waals surface area contributed by atoms with Crippen molar-refractivity contribution in [2.45, 2.75) is 33.9 Å². The van der Waals surface area contributed by atoms with Crippen LogP contribution in [-0.2, 0) is 13.1 Å². The maximum absolute atomic E-state index is 4.30. The van der Waals surface area contributed by atoms with Crippen molar-refractivity contribution in [3.8, 4) is 0 Å². The molecule has 0 amide bonds. The Bertz CT molecular complexity index is 312. The molecule has 0 aliphatic rings. The zero-order chi connectivity index (χ0) is 10.6. The SMILES string of the molecule is C=C(C)Cn1c(CNCC)cnc1C. The van der Waals surface area contributed by atoms with Gasteiger partial charge in [0.05, 0.1) is 5.69 Å². The van der Waals surface area contributed by atoms with Crippen molar-refractivity contribution in [2.75, 3.05) is 6.54 Å². The number of rotatable bonds is 5. The molecular weight excluding hydrogens is 174 g/mol.